The summed E-state index contributed by atoms with van der Waals surface area (Å²) in [5.41, 5.74) is 8.76. The van der Waals surface area contributed by atoms with Gasteiger partial charge >= 0.3 is 23.9 Å². The summed E-state index contributed by atoms with van der Waals surface area (Å²) in [4.78, 5) is 86.1. The molecule has 6 aliphatic rings. The van der Waals surface area contributed by atoms with Crippen LogP contribution in [0.2, 0.25) is 0 Å². The number of hydrogen-bond donors (Lipinski definition) is 4. The third-order valence-electron chi connectivity index (χ3n) is 15.7. The van der Waals surface area contributed by atoms with Crippen LogP contribution in [0.4, 0.5) is 0 Å². The van der Waals surface area contributed by atoms with Gasteiger partial charge < -0.3 is 20.4 Å². The molecule has 29 nitrogen and oxygen atoms in total. The van der Waals surface area contributed by atoms with Crippen LogP contribution in [0.15, 0.2) is 79.3 Å². The van der Waals surface area contributed by atoms with Crippen molar-refractivity contribution < 1.29 is 39.6 Å². The van der Waals surface area contributed by atoms with E-state index < -0.39 is 23.9 Å². The first-order valence-corrected chi connectivity index (χ1v) is 28.5. The number of rotatable bonds is 10. The second-order valence-corrected chi connectivity index (χ2v) is 22.1. The van der Waals surface area contributed by atoms with Crippen LogP contribution >= 0.6 is 0 Å². The number of aromatic nitrogens is 13. The minimum Gasteiger partial charge on any atom is -0.480 e. The van der Waals surface area contributed by atoms with Gasteiger partial charge in [-0.15, -0.1) is 15.3 Å². The lowest BCUT2D eigenvalue weighted by Crippen LogP contribution is -2.47. The summed E-state index contributed by atoms with van der Waals surface area (Å²) in [6.07, 6.45) is 5.19. The monoisotopic (exact) mass is 1160 g/mol. The Kier molecular flexibility index (Phi) is 18.6. The van der Waals surface area contributed by atoms with Crippen LogP contribution in [0, 0.1) is 0 Å². The van der Waals surface area contributed by atoms with E-state index in [1.807, 2.05) is 86.5 Å². The molecule has 2 fully saturated rings. The van der Waals surface area contributed by atoms with Crippen molar-refractivity contribution in [2.75, 3.05) is 131 Å². The van der Waals surface area contributed by atoms with Gasteiger partial charge in [-0.05, 0) is 48.5 Å². The van der Waals surface area contributed by atoms with Gasteiger partial charge in [0.2, 0.25) is 0 Å². The first-order valence-electron chi connectivity index (χ1n) is 28.5. The zero-order chi connectivity index (χ0) is 58.8. The van der Waals surface area contributed by atoms with Crippen molar-refractivity contribution in [3.63, 3.8) is 0 Å². The molecule has 13 heterocycles. The van der Waals surface area contributed by atoms with E-state index in [4.69, 9.17) is 30.2 Å². The van der Waals surface area contributed by atoms with Gasteiger partial charge in [-0.1, -0.05) is 27.8 Å². The highest BCUT2D eigenvalue weighted by Crippen LogP contribution is 2.26. The van der Waals surface area contributed by atoms with Gasteiger partial charge in [0.25, 0.3) is 0 Å². The average Bonchev–Trinajstić information content (AvgIpc) is 4.48. The average molecular weight is 1160 g/mol. The quantitative estimate of drug-likeness (QED) is 0.139. The van der Waals surface area contributed by atoms with Gasteiger partial charge in [0, 0.05) is 136 Å². The molecule has 0 unspecified atom stereocenters. The van der Waals surface area contributed by atoms with Gasteiger partial charge in [0.05, 0.1) is 109 Å². The maximum Gasteiger partial charge on any atom is 0.317 e. The Morgan fingerprint density at radius 3 is 1.13 bits per heavy atom. The second-order valence-electron chi connectivity index (χ2n) is 22.1. The van der Waals surface area contributed by atoms with Crippen LogP contribution in [-0.2, 0) is 58.4 Å². The molecule has 2 saturated heterocycles. The molecule has 85 heavy (non-hydrogen) atoms. The summed E-state index contributed by atoms with van der Waals surface area (Å²) in [5.74, 6) is -3.70. The summed E-state index contributed by atoms with van der Waals surface area (Å²) in [6.45, 7) is 9.12. The molecule has 7 aromatic rings. The van der Waals surface area contributed by atoms with E-state index in [1.165, 1.54) is 0 Å². The zero-order valence-electron chi connectivity index (χ0n) is 47.2. The number of aliphatic carboxylic acids is 4. The van der Waals surface area contributed by atoms with Crippen LogP contribution in [0.3, 0.4) is 0 Å². The molecule has 0 aromatic carbocycles. The normalized spacial score (nSPS) is 21.0. The molecule has 6 aliphatic heterocycles. The molecular formula is C56H69N21O8. The van der Waals surface area contributed by atoms with E-state index in [1.54, 1.807) is 26.4 Å². The third kappa shape index (κ3) is 15.9. The minimum atomic E-state index is -0.925. The second kappa shape index (κ2) is 27.1. The van der Waals surface area contributed by atoms with Crippen molar-refractivity contribution in [3.05, 3.63) is 113 Å². The van der Waals surface area contributed by atoms with Crippen LogP contribution in [0.5, 0.6) is 0 Å². The summed E-state index contributed by atoms with van der Waals surface area (Å²) < 4.78 is 5.24. The molecule has 29 heteroatoms. The maximum atomic E-state index is 12.3. The molecule has 446 valence electrons. The van der Waals surface area contributed by atoms with E-state index in [0.717, 1.165) is 11.4 Å². The fourth-order valence-corrected chi connectivity index (χ4v) is 11.4. The number of carbonyl (C=O) groups is 4. The summed E-state index contributed by atoms with van der Waals surface area (Å²) in [7, 11) is 0. The Bertz CT molecular complexity index is 3200. The first-order chi connectivity index (χ1) is 41.2. The number of hydrogen-bond acceptors (Lipinski definition) is 22. The Labute approximate surface area is 489 Å². The SMILES string of the molecule is O=C(O)CN1CCN2CCN(CC(=O)O)CCN(CC1)Cc1cccc(n1)-c1cnnn1Cc1cc(-c3cn(-c4cc5nc(c4)Cn4nncc4-c4cccc(n4)CN4CCN(CC(=O)O)CCN(CCN(CC(=O)O)CC4)C5)nn3)cc(n1)C2. The molecular weight excluding hydrogens is 1090 g/mol. The predicted molar refractivity (Wildman–Crippen MR) is 305 cm³/mol. The van der Waals surface area contributed by atoms with Gasteiger partial charge in [0.1, 0.15) is 17.1 Å². The maximum absolute atomic E-state index is 12.3. The van der Waals surface area contributed by atoms with Crippen molar-refractivity contribution in [2.45, 2.75) is 39.3 Å². The van der Waals surface area contributed by atoms with Gasteiger partial charge in [-0.3, -0.25) is 68.3 Å². The third-order valence-corrected chi connectivity index (χ3v) is 15.7. The largest absolute Gasteiger partial charge is 0.480 e. The van der Waals surface area contributed by atoms with Crippen LogP contribution in [0.25, 0.3) is 39.7 Å². The highest BCUT2D eigenvalue weighted by Gasteiger charge is 2.25. The van der Waals surface area contributed by atoms with Crippen molar-refractivity contribution in [1.29, 1.82) is 0 Å². The standard InChI is InChI=1S/C56H69N21O8/c78-53(79)36-71-15-7-67-8-16-72(37-54(80)81)20-12-69(11-19-71)31-43-23-40(24-44(59-43)33-76-51(27-57-64-76)48-5-1-3-41(29-67)61-48)50-35-75(66-63-50)47-25-45-32-70-13-21-73(38-55(82)83)17-9-68(10-18-74(22-14-70)39-56(84)85)30-42-4-2-6-49(62-42)52-28-58-65-77(52)34-46(26-47)60-45/h1-6,23-28,35H,7-22,29-34,36-39H2,(H,78,79)(H,80,81)(H,82,83)(H,84,85). The molecule has 12 bridgehead atoms. The molecule has 0 aliphatic carbocycles. The highest BCUT2D eigenvalue weighted by molar-refractivity contribution is 5.70. The number of fused-ring (bicyclic) bond motifs is 16. The molecule has 4 N–H and O–H groups in total. The highest BCUT2D eigenvalue weighted by atomic mass is 16.4. The van der Waals surface area contributed by atoms with Gasteiger partial charge in [-0.2, -0.15) is 0 Å². The van der Waals surface area contributed by atoms with E-state index in [2.05, 4.69) is 40.2 Å². The molecule has 0 spiro atoms. The Morgan fingerprint density at radius 2 is 0.741 bits per heavy atom. The molecule has 0 saturated carbocycles. The topological polar surface area (TPSA) is 319 Å². The molecule has 0 atom stereocenters. The van der Waals surface area contributed by atoms with Crippen LogP contribution in [-0.4, -0.2) is 279 Å². The van der Waals surface area contributed by atoms with E-state index in [-0.39, 0.29) is 39.3 Å². The predicted octanol–water partition coefficient (Wildman–Crippen LogP) is -0.0633. The lowest BCUT2D eigenvalue weighted by atomic mass is 10.1. The van der Waals surface area contributed by atoms with Crippen molar-refractivity contribution in [2.24, 2.45) is 0 Å². The lowest BCUT2D eigenvalue weighted by molar-refractivity contribution is -0.139. The van der Waals surface area contributed by atoms with Crippen LogP contribution in [0.1, 0.15) is 34.2 Å². The molecule has 7 aromatic heterocycles. The Hall–Kier alpha value is -8.42. The Morgan fingerprint density at radius 1 is 0.388 bits per heavy atom. The van der Waals surface area contributed by atoms with Crippen molar-refractivity contribution >= 4 is 23.9 Å². The fraction of sp³-hybridized carbons (Fsp3) is 0.464. The van der Waals surface area contributed by atoms with Crippen molar-refractivity contribution in [1.82, 2.24) is 104 Å². The minimum absolute atomic E-state index is 0.142. The summed E-state index contributed by atoms with van der Waals surface area (Å²) in [5, 5.41) is 67.3. The summed E-state index contributed by atoms with van der Waals surface area (Å²) in [6, 6.07) is 19.4. The smallest absolute Gasteiger partial charge is 0.317 e. The first kappa shape index (κ1) is 58.4. The summed E-state index contributed by atoms with van der Waals surface area (Å²) >= 11 is 0. The molecule has 13 rings (SSSR count). The zero-order valence-corrected chi connectivity index (χ0v) is 47.2. The van der Waals surface area contributed by atoms with Crippen LogP contribution < -0.4 is 0 Å². The Balaban J connectivity index is 0.980. The number of carboxylic acid groups (broad SMARTS) is 4. The molecule has 0 radical (unpaired) electrons. The number of carboxylic acids is 4. The number of nitrogens with zero attached hydrogens (tertiary/aromatic N) is 21. The fourth-order valence-electron chi connectivity index (χ4n) is 11.4. The van der Waals surface area contributed by atoms with E-state index in [9.17, 15) is 39.6 Å². The molecule has 0 amide bonds. The van der Waals surface area contributed by atoms with E-state index >= 15 is 0 Å². The van der Waals surface area contributed by atoms with Crippen molar-refractivity contribution in [3.8, 4) is 39.7 Å². The van der Waals surface area contributed by atoms with Gasteiger partial charge in [-0.25, -0.2) is 24.0 Å². The lowest BCUT2D eigenvalue weighted by Gasteiger charge is -2.33. The van der Waals surface area contributed by atoms with E-state index in [0.29, 0.717) is 193 Å². The van der Waals surface area contributed by atoms with Gasteiger partial charge in [0.15, 0.2) is 0 Å². The number of pyridine rings is 4.